The fourth-order valence-corrected chi connectivity index (χ4v) is 2.62. The molecule has 2 rings (SSSR count). The van der Waals surface area contributed by atoms with E-state index in [1.807, 2.05) is 30.3 Å². The van der Waals surface area contributed by atoms with Gasteiger partial charge in [0.25, 0.3) is 5.76 Å². The lowest BCUT2D eigenvalue weighted by Gasteiger charge is -2.15. The quantitative estimate of drug-likeness (QED) is 0.684. The predicted octanol–water partition coefficient (Wildman–Crippen LogP) is 5.43. The summed E-state index contributed by atoms with van der Waals surface area (Å²) in [5, 5.41) is 3.40. The van der Waals surface area contributed by atoms with Crippen molar-refractivity contribution in [2.45, 2.75) is 36.5 Å². The summed E-state index contributed by atoms with van der Waals surface area (Å²) in [6.07, 6.45) is 2.05. The SMILES string of the molecule is CC(CCc1ccccc1)Nc1ccc(SC(F)F)cc1. The lowest BCUT2D eigenvalue weighted by Crippen LogP contribution is -2.15. The molecule has 0 heterocycles. The van der Waals surface area contributed by atoms with Crippen molar-refractivity contribution in [2.24, 2.45) is 0 Å². The molecule has 0 saturated carbocycles. The van der Waals surface area contributed by atoms with E-state index in [4.69, 9.17) is 0 Å². The fourth-order valence-electron chi connectivity index (χ4n) is 2.12. The first-order valence-corrected chi connectivity index (χ1v) is 7.87. The normalized spacial score (nSPS) is 12.4. The topological polar surface area (TPSA) is 12.0 Å². The molecule has 4 heteroatoms. The van der Waals surface area contributed by atoms with Gasteiger partial charge in [-0.2, -0.15) is 8.78 Å². The monoisotopic (exact) mass is 307 g/mol. The highest BCUT2D eigenvalue weighted by atomic mass is 32.2. The lowest BCUT2D eigenvalue weighted by molar-refractivity contribution is 0.252. The van der Waals surface area contributed by atoms with Crippen molar-refractivity contribution in [3.05, 3.63) is 60.2 Å². The molecule has 112 valence electrons. The zero-order valence-corrected chi connectivity index (χ0v) is 12.7. The van der Waals surface area contributed by atoms with Crippen LogP contribution in [-0.2, 0) is 6.42 Å². The third-order valence-corrected chi connectivity index (χ3v) is 3.92. The van der Waals surface area contributed by atoms with Gasteiger partial charge in [-0.15, -0.1) is 0 Å². The summed E-state index contributed by atoms with van der Waals surface area (Å²) in [6, 6.07) is 17.9. The van der Waals surface area contributed by atoms with Crippen molar-refractivity contribution >= 4 is 17.4 Å². The minimum atomic E-state index is -2.37. The summed E-state index contributed by atoms with van der Waals surface area (Å²) in [5.74, 6) is -2.37. The van der Waals surface area contributed by atoms with Crippen molar-refractivity contribution in [1.82, 2.24) is 0 Å². The average Bonchev–Trinajstić information content (AvgIpc) is 2.48. The summed E-state index contributed by atoms with van der Waals surface area (Å²) < 4.78 is 24.5. The van der Waals surface area contributed by atoms with Crippen LogP contribution in [0.4, 0.5) is 14.5 Å². The maximum absolute atomic E-state index is 12.2. The van der Waals surface area contributed by atoms with Crippen LogP contribution in [0.1, 0.15) is 18.9 Å². The first-order chi connectivity index (χ1) is 10.1. The van der Waals surface area contributed by atoms with E-state index in [9.17, 15) is 8.78 Å². The summed E-state index contributed by atoms with van der Waals surface area (Å²) in [7, 11) is 0. The highest BCUT2D eigenvalue weighted by Crippen LogP contribution is 2.26. The molecule has 1 atom stereocenters. The fraction of sp³-hybridized carbons (Fsp3) is 0.294. The maximum atomic E-state index is 12.2. The molecule has 0 amide bonds. The Bertz CT molecular complexity index is 528. The summed E-state index contributed by atoms with van der Waals surface area (Å²) in [4.78, 5) is 0.590. The number of hydrogen-bond acceptors (Lipinski definition) is 2. The molecule has 0 aromatic heterocycles. The van der Waals surface area contributed by atoms with E-state index in [0.717, 1.165) is 18.5 Å². The van der Waals surface area contributed by atoms with E-state index in [-0.39, 0.29) is 0 Å². The van der Waals surface area contributed by atoms with Crippen LogP contribution in [0, 0.1) is 0 Å². The number of alkyl halides is 2. The van der Waals surface area contributed by atoms with E-state index in [0.29, 0.717) is 22.7 Å². The highest BCUT2D eigenvalue weighted by Gasteiger charge is 2.06. The van der Waals surface area contributed by atoms with Gasteiger partial charge in [0, 0.05) is 16.6 Å². The zero-order valence-electron chi connectivity index (χ0n) is 11.9. The number of halogens is 2. The number of rotatable bonds is 7. The molecule has 1 nitrogen and oxygen atoms in total. The van der Waals surface area contributed by atoms with Gasteiger partial charge in [0.05, 0.1) is 0 Å². The van der Waals surface area contributed by atoms with Crippen LogP contribution in [0.15, 0.2) is 59.5 Å². The van der Waals surface area contributed by atoms with Gasteiger partial charge in [-0.3, -0.25) is 0 Å². The molecule has 0 aliphatic carbocycles. The van der Waals surface area contributed by atoms with Crippen LogP contribution in [0.5, 0.6) is 0 Å². The van der Waals surface area contributed by atoms with E-state index in [1.54, 1.807) is 12.1 Å². The molecule has 0 aliphatic rings. The van der Waals surface area contributed by atoms with Crippen LogP contribution < -0.4 is 5.32 Å². The number of anilines is 1. The first-order valence-electron chi connectivity index (χ1n) is 6.99. The third kappa shape index (κ3) is 5.76. The van der Waals surface area contributed by atoms with Gasteiger partial charge in [0.15, 0.2) is 0 Å². The van der Waals surface area contributed by atoms with Crippen LogP contribution >= 0.6 is 11.8 Å². The molecule has 21 heavy (non-hydrogen) atoms. The molecule has 0 saturated heterocycles. The van der Waals surface area contributed by atoms with Gasteiger partial charge in [-0.05, 0) is 49.6 Å². The van der Waals surface area contributed by atoms with Crippen molar-refractivity contribution < 1.29 is 8.78 Å². The van der Waals surface area contributed by atoms with Crippen molar-refractivity contribution in [3.63, 3.8) is 0 Å². The van der Waals surface area contributed by atoms with E-state index >= 15 is 0 Å². The van der Waals surface area contributed by atoms with Crippen LogP contribution in [0.3, 0.4) is 0 Å². The van der Waals surface area contributed by atoms with E-state index < -0.39 is 5.76 Å². The average molecular weight is 307 g/mol. The Kier molecular flexibility index (Phi) is 6.05. The second-order valence-electron chi connectivity index (χ2n) is 4.97. The van der Waals surface area contributed by atoms with Crippen LogP contribution in [0.2, 0.25) is 0 Å². The molecule has 0 radical (unpaired) electrons. The molecule has 0 aliphatic heterocycles. The van der Waals surface area contributed by atoms with Crippen LogP contribution in [0.25, 0.3) is 0 Å². The largest absolute Gasteiger partial charge is 0.383 e. The molecular weight excluding hydrogens is 288 g/mol. The zero-order chi connectivity index (χ0) is 15.1. The molecule has 0 bridgehead atoms. The van der Waals surface area contributed by atoms with Gasteiger partial charge in [-0.25, -0.2) is 0 Å². The van der Waals surface area contributed by atoms with Crippen molar-refractivity contribution in [1.29, 1.82) is 0 Å². The predicted molar refractivity (Wildman–Crippen MR) is 86.2 cm³/mol. The van der Waals surface area contributed by atoms with E-state index in [1.165, 1.54) is 5.56 Å². The first kappa shape index (κ1) is 15.8. The Labute approximate surface area is 128 Å². The van der Waals surface area contributed by atoms with Crippen LogP contribution in [-0.4, -0.2) is 11.8 Å². The van der Waals surface area contributed by atoms with Gasteiger partial charge in [-0.1, -0.05) is 42.1 Å². The standard InChI is InChI=1S/C17H19F2NS/c1-13(7-8-14-5-3-2-4-6-14)20-15-9-11-16(12-10-15)21-17(18)19/h2-6,9-13,17,20H,7-8H2,1H3. The second-order valence-corrected chi connectivity index (χ2v) is 6.04. The minimum absolute atomic E-state index is 0.332. The molecule has 1 N–H and O–H groups in total. The summed E-state index contributed by atoms with van der Waals surface area (Å²) in [5.41, 5.74) is 2.30. The third-order valence-electron chi connectivity index (χ3n) is 3.20. The molecular formula is C17H19F2NS. The molecule has 0 fully saturated rings. The molecule has 2 aromatic rings. The van der Waals surface area contributed by atoms with Gasteiger partial charge in [0.2, 0.25) is 0 Å². The number of benzene rings is 2. The number of hydrogen-bond donors (Lipinski definition) is 1. The maximum Gasteiger partial charge on any atom is 0.288 e. The molecule has 1 unspecified atom stereocenters. The van der Waals surface area contributed by atoms with Gasteiger partial charge in [0.1, 0.15) is 0 Å². The second kappa shape index (κ2) is 8.03. The summed E-state index contributed by atoms with van der Waals surface area (Å²) >= 11 is 0.572. The highest BCUT2D eigenvalue weighted by molar-refractivity contribution is 7.99. The number of aryl methyl sites for hydroxylation is 1. The van der Waals surface area contributed by atoms with Gasteiger partial charge < -0.3 is 5.32 Å². The number of nitrogens with one attached hydrogen (secondary N) is 1. The Morgan fingerprint density at radius 1 is 1.00 bits per heavy atom. The van der Waals surface area contributed by atoms with Crippen molar-refractivity contribution in [3.8, 4) is 0 Å². The Balaban J connectivity index is 1.80. The minimum Gasteiger partial charge on any atom is -0.383 e. The van der Waals surface area contributed by atoms with Gasteiger partial charge >= 0.3 is 0 Å². The lowest BCUT2D eigenvalue weighted by atomic mass is 10.1. The smallest absolute Gasteiger partial charge is 0.288 e. The molecule has 2 aromatic carbocycles. The van der Waals surface area contributed by atoms with E-state index in [2.05, 4.69) is 24.4 Å². The summed E-state index contributed by atoms with van der Waals surface area (Å²) in [6.45, 7) is 2.13. The number of thioether (sulfide) groups is 1. The Hall–Kier alpha value is -1.55. The molecule has 0 spiro atoms. The van der Waals surface area contributed by atoms with Crippen molar-refractivity contribution in [2.75, 3.05) is 5.32 Å². The Morgan fingerprint density at radius 3 is 2.29 bits per heavy atom. The Morgan fingerprint density at radius 2 is 1.67 bits per heavy atom.